The molecule has 0 saturated heterocycles. The van der Waals surface area contributed by atoms with Gasteiger partial charge >= 0.3 is 6.18 Å². The lowest BCUT2D eigenvalue weighted by Crippen LogP contribution is -2.51. The topological polar surface area (TPSA) is 75.4 Å². The number of carbonyl (C=O) groups excluding carboxylic acids is 1. The Labute approximate surface area is 136 Å². The Hall–Kier alpha value is -2.35. The van der Waals surface area contributed by atoms with E-state index in [-0.39, 0.29) is 22.6 Å². The summed E-state index contributed by atoms with van der Waals surface area (Å²) >= 11 is 0. The van der Waals surface area contributed by atoms with E-state index in [2.05, 4.69) is 10.5 Å². The van der Waals surface area contributed by atoms with Gasteiger partial charge in [0.1, 0.15) is 11.3 Å². The van der Waals surface area contributed by atoms with Crippen LogP contribution in [0.2, 0.25) is 0 Å². The Bertz CT molecular complexity index is 713. The highest BCUT2D eigenvalue weighted by Crippen LogP contribution is 2.38. The largest absolute Gasteiger partial charge is 0.423 e. The number of aromatic nitrogens is 1. The molecule has 1 unspecified atom stereocenters. The number of hydrogen-bond donors (Lipinski definition) is 2. The number of nitrogens with zero attached hydrogens (tertiary/aromatic N) is 1. The molecule has 0 saturated carbocycles. The molecule has 1 amide bonds. The molecule has 0 fully saturated rings. The van der Waals surface area contributed by atoms with E-state index in [1.165, 1.54) is 25.1 Å². The van der Waals surface area contributed by atoms with Crippen molar-refractivity contribution in [1.29, 1.82) is 0 Å². The number of benzene rings is 1. The molecule has 0 aliphatic rings. The fourth-order valence-electron chi connectivity index (χ4n) is 2.33. The van der Waals surface area contributed by atoms with Gasteiger partial charge in [0.25, 0.3) is 5.91 Å². The molecule has 5 nitrogen and oxygen atoms in total. The zero-order valence-electron chi connectivity index (χ0n) is 13.1. The minimum Gasteiger partial charge on any atom is -0.375 e. The standard InChI is InChI=1S/C16H17F3N2O3/c1-3-12-13(10(2)21-24-12)14(22)20-9-15(23,16(17,18)19)11-7-5-4-6-8-11/h4-8,23H,3,9H2,1-2H3,(H,20,22). The Kier molecular flexibility index (Phi) is 4.98. The van der Waals surface area contributed by atoms with Crippen molar-refractivity contribution in [3.8, 4) is 0 Å². The van der Waals surface area contributed by atoms with Gasteiger partial charge in [0.15, 0.2) is 0 Å². The van der Waals surface area contributed by atoms with Gasteiger partial charge in [-0.05, 0) is 12.5 Å². The number of rotatable bonds is 5. The van der Waals surface area contributed by atoms with Crippen LogP contribution in [0.3, 0.4) is 0 Å². The summed E-state index contributed by atoms with van der Waals surface area (Å²) in [5.41, 5.74) is -3.17. The summed E-state index contributed by atoms with van der Waals surface area (Å²) in [7, 11) is 0. The Morgan fingerprint density at radius 3 is 2.46 bits per heavy atom. The second-order valence-electron chi connectivity index (χ2n) is 5.33. The van der Waals surface area contributed by atoms with Crippen molar-refractivity contribution >= 4 is 5.91 Å². The molecule has 8 heteroatoms. The molecule has 24 heavy (non-hydrogen) atoms. The van der Waals surface area contributed by atoms with E-state index >= 15 is 0 Å². The predicted molar refractivity (Wildman–Crippen MR) is 79.3 cm³/mol. The Balaban J connectivity index is 2.26. The van der Waals surface area contributed by atoms with Gasteiger partial charge in [-0.2, -0.15) is 13.2 Å². The lowest BCUT2D eigenvalue weighted by atomic mass is 9.93. The van der Waals surface area contributed by atoms with Crippen molar-refractivity contribution in [2.24, 2.45) is 0 Å². The Morgan fingerprint density at radius 2 is 1.92 bits per heavy atom. The molecular formula is C16H17F3N2O3. The molecule has 130 valence electrons. The van der Waals surface area contributed by atoms with Crippen LogP contribution in [0.1, 0.15) is 34.3 Å². The van der Waals surface area contributed by atoms with Crippen LogP contribution in [0.15, 0.2) is 34.9 Å². The highest BCUT2D eigenvalue weighted by atomic mass is 19.4. The molecule has 2 N–H and O–H groups in total. The first-order valence-corrected chi connectivity index (χ1v) is 7.28. The first kappa shape index (κ1) is 18.0. The summed E-state index contributed by atoms with van der Waals surface area (Å²) in [5.74, 6) is -0.496. The van der Waals surface area contributed by atoms with Crippen molar-refractivity contribution in [3.63, 3.8) is 0 Å². The number of aliphatic hydroxyl groups is 1. The van der Waals surface area contributed by atoms with E-state index in [4.69, 9.17) is 4.52 Å². The van der Waals surface area contributed by atoms with Crippen LogP contribution < -0.4 is 5.32 Å². The third kappa shape index (κ3) is 3.28. The van der Waals surface area contributed by atoms with Crippen LogP contribution in [0.5, 0.6) is 0 Å². The summed E-state index contributed by atoms with van der Waals surface area (Å²) in [6, 6.07) is 6.61. The zero-order valence-corrected chi connectivity index (χ0v) is 13.1. The highest BCUT2D eigenvalue weighted by Gasteiger charge is 2.55. The Morgan fingerprint density at radius 1 is 1.29 bits per heavy atom. The number of alkyl halides is 3. The second kappa shape index (κ2) is 6.64. The molecule has 1 aromatic carbocycles. The number of amides is 1. The summed E-state index contributed by atoms with van der Waals surface area (Å²) < 4.78 is 45.1. The highest BCUT2D eigenvalue weighted by molar-refractivity contribution is 5.96. The molecule has 2 rings (SSSR count). The van der Waals surface area contributed by atoms with Gasteiger partial charge in [0.05, 0.1) is 12.2 Å². The first-order chi connectivity index (χ1) is 11.2. The predicted octanol–water partition coefficient (Wildman–Crippen LogP) is 2.73. The number of hydrogen-bond acceptors (Lipinski definition) is 4. The summed E-state index contributed by atoms with van der Waals surface area (Å²) in [4.78, 5) is 12.2. The van der Waals surface area contributed by atoms with Crippen molar-refractivity contribution < 1.29 is 27.6 Å². The molecule has 1 atom stereocenters. The summed E-state index contributed by atoms with van der Waals surface area (Å²) in [6.07, 6.45) is -4.59. The van der Waals surface area contributed by atoms with E-state index in [0.29, 0.717) is 6.42 Å². The van der Waals surface area contributed by atoms with E-state index in [1.807, 2.05) is 0 Å². The van der Waals surface area contributed by atoms with Crippen LogP contribution in [-0.4, -0.2) is 28.9 Å². The van der Waals surface area contributed by atoms with Crippen molar-refractivity contribution in [3.05, 3.63) is 52.9 Å². The van der Waals surface area contributed by atoms with Crippen LogP contribution in [0.4, 0.5) is 13.2 Å². The third-order valence-electron chi connectivity index (χ3n) is 3.71. The second-order valence-corrected chi connectivity index (χ2v) is 5.33. The number of aryl methyl sites for hydroxylation is 2. The first-order valence-electron chi connectivity index (χ1n) is 7.28. The van der Waals surface area contributed by atoms with Crippen LogP contribution >= 0.6 is 0 Å². The average molecular weight is 342 g/mol. The quantitative estimate of drug-likeness (QED) is 0.876. The van der Waals surface area contributed by atoms with Crippen LogP contribution in [0, 0.1) is 6.92 Å². The van der Waals surface area contributed by atoms with Gasteiger partial charge < -0.3 is 14.9 Å². The van der Waals surface area contributed by atoms with Crippen LogP contribution in [0.25, 0.3) is 0 Å². The molecule has 1 heterocycles. The lowest BCUT2D eigenvalue weighted by Gasteiger charge is -2.31. The smallest absolute Gasteiger partial charge is 0.375 e. The van der Waals surface area contributed by atoms with Crippen molar-refractivity contribution in [2.45, 2.75) is 32.0 Å². The molecular weight excluding hydrogens is 325 g/mol. The van der Waals surface area contributed by atoms with Gasteiger partial charge in [0.2, 0.25) is 5.60 Å². The van der Waals surface area contributed by atoms with E-state index in [0.717, 1.165) is 12.1 Å². The van der Waals surface area contributed by atoms with Crippen molar-refractivity contribution in [2.75, 3.05) is 6.54 Å². The lowest BCUT2D eigenvalue weighted by molar-refractivity contribution is -0.263. The monoisotopic (exact) mass is 342 g/mol. The summed E-state index contributed by atoms with van der Waals surface area (Å²) in [5, 5.41) is 16.0. The maximum absolute atomic E-state index is 13.4. The van der Waals surface area contributed by atoms with Gasteiger partial charge in [-0.1, -0.05) is 42.4 Å². The van der Waals surface area contributed by atoms with E-state index in [9.17, 15) is 23.1 Å². The number of halogens is 3. The SMILES string of the molecule is CCc1onc(C)c1C(=O)NCC(O)(c1ccccc1)C(F)(F)F. The zero-order chi connectivity index (χ0) is 18.0. The fraction of sp³-hybridized carbons (Fsp3) is 0.375. The maximum Gasteiger partial charge on any atom is 0.423 e. The number of nitrogens with one attached hydrogen (secondary N) is 1. The molecule has 1 aromatic heterocycles. The minimum absolute atomic E-state index is 0.0927. The van der Waals surface area contributed by atoms with Gasteiger partial charge in [-0.3, -0.25) is 4.79 Å². The number of carbonyl (C=O) groups is 1. The molecule has 0 aliphatic carbocycles. The molecule has 0 radical (unpaired) electrons. The normalized spacial score (nSPS) is 14.2. The van der Waals surface area contributed by atoms with Gasteiger partial charge in [-0.15, -0.1) is 0 Å². The van der Waals surface area contributed by atoms with Gasteiger partial charge in [0, 0.05) is 6.42 Å². The molecule has 0 spiro atoms. The maximum atomic E-state index is 13.4. The molecule has 0 aliphatic heterocycles. The summed E-state index contributed by atoms with van der Waals surface area (Å²) in [6.45, 7) is 2.23. The van der Waals surface area contributed by atoms with E-state index in [1.54, 1.807) is 6.92 Å². The molecule has 0 bridgehead atoms. The average Bonchev–Trinajstić information content (AvgIpc) is 2.93. The van der Waals surface area contributed by atoms with E-state index < -0.39 is 24.2 Å². The van der Waals surface area contributed by atoms with Crippen molar-refractivity contribution in [1.82, 2.24) is 10.5 Å². The minimum atomic E-state index is -4.96. The molecule has 2 aromatic rings. The van der Waals surface area contributed by atoms with Crippen LogP contribution in [-0.2, 0) is 12.0 Å². The fourth-order valence-corrected chi connectivity index (χ4v) is 2.33. The third-order valence-corrected chi connectivity index (χ3v) is 3.71. The van der Waals surface area contributed by atoms with Gasteiger partial charge in [-0.25, -0.2) is 0 Å².